The molecule has 0 bridgehead atoms. The lowest BCUT2D eigenvalue weighted by Crippen LogP contribution is -2.23. The minimum atomic E-state index is -0.974. The molecular formula is C16H23NO4S. The number of ether oxygens (including phenoxy) is 2. The molecule has 2 N–H and O–H groups in total. The quantitative estimate of drug-likeness (QED) is 0.882. The highest BCUT2D eigenvalue weighted by atomic mass is 32.1. The summed E-state index contributed by atoms with van der Waals surface area (Å²) in [5.74, 6) is 0.615. The molecule has 0 saturated heterocycles. The molecule has 1 atom stereocenters. The smallest absolute Gasteiger partial charge is 0.274 e. The average molecular weight is 325 g/mol. The predicted molar refractivity (Wildman–Crippen MR) is 87.8 cm³/mol. The van der Waals surface area contributed by atoms with Crippen LogP contribution in [0.15, 0.2) is 12.1 Å². The molecule has 1 aromatic carbocycles. The monoisotopic (exact) mass is 325 g/mol. The number of hydrogen-bond donors (Lipinski definition) is 2. The lowest BCUT2D eigenvalue weighted by atomic mass is 10.1. The maximum atomic E-state index is 10.1. The molecule has 0 amide bonds. The van der Waals surface area contributed by atoms with Crippen molar-refractivity contribution < 1.29 is 19.7 Å². The van der Waals surface area contributed by atoms with E-state index in [9.17, 15) is 10.2 Å². The van der Waals surface area contributed by atoms with Crippen molar-refractivity contribution in [3.63, 3.8) is 0 Å². The van der Waals surface area contributed by atoms with Gasteiger partial charge in [-0.2, -0.15) is 0 Å². The van der Waals surface area contributed by atoms with Crippen molar-refractivity contribution in [3.05, 3.63) is 17.7 Å². The number of aliphatic hydroxyl groups is 2. The molecule has 0 radical (unpaired) electrons. The second-order valence-electron chi connectivity index (χ2n) is 6.42. The van der Waals surface area contributed by atoms with E-state index in [-0.39, 0.29) is 18.3 Å². The van der Waals surface area contributed by atoms with Crippen molar-refractivity contribution in [1.82, 2.24) is 4.98 Å². The first-order chi connectivity index (χ1) is 10.2. The Morgan fingerprint density at radius 1 is 1.27 bits per heavy atom. The Bertz CT molecular complexity index is 645. The fraction of sp³-hybridized carbons (Fsp3) is 0.562. The van der Waals surface area contributed by atoms with Gasteiger partial charge in [0, 0.05) is 11.6 Å². The molecule has 2 rings (SSSR count). The number of thiazole rings is 1. The molecule has 0 aliphatic rings. The molecule has 0 aliphatic carbocycles. The van der Waals surface area contributed by atoms with Crippen molar-refractivity contribution in [2.45, 2.75) is 52.4 Å². The molecule has 0 fully saturated rings. The van der Waals surface area contributed by atoms with Crippen LogP contribution in [-0.4, -0.2) is 33.5 Å². The van der Waals surface area contributed by atoms with E-state index < -0.39 is 6.10 Å². The summed E-state index contributed by atoms with van der Waals surface area (Å²) in [6.45, 7) is 9.37. The molecule has 22 heavy (non-hydrogen) atoms. The molecule has 6 heteroatoms. The Hall–Kier alpha value is -1.37. The van der Waals surface area contributed by atoms with E-state index in [0.717, 1.165) is 4.70 Å². The summed E-state index contributed by atoms with van der Waals surface area (Å²) in [6.07, 6.45) is -0.949. The highest BCUT2D eigenvalue weighted by Crippen LogP contribution is 2.37. The molecule has 5 nitrogen and oxygen atoms in total. The second kappa shape index (κ2) is 6.40. The normalized spacial score (nSPS) is 13.6. The Kier molecular flexibility index (Phi) is 4.94. The summed E-state index contributed by atoms with van der Waals surface area (Å²) in [4.78, 5) is 4.44. The van der Waals surface area contributed by atoms with Crippen LogP contribution in [0.3, 0.4) is 0 Å². The Morgan fingerprint density at radius 2 is 1.95 bits per heavy atom. The first-order valence-corrected chi connectivity index (χ1v) is 8.10. The minimum absolute atomic E-state index is 0.0251. The minimum Gasteiger partial charge on any atom is -0.488 e. The van der Waals surface area contributed by atoms with Gasteiger partial charge in [-0.3, -0.25) is 0 Å². The van der Waals surface area contributed by atoms with Crippen LogP contribution in [0.25, 0.3) is 10.2 Å². The van der Waals surface area contributed by atoms with Gasteiger partial charge in [0.1, 0.15) is 17.5 Å². The summed E-state index contributed by atoms with van der Waals surface area (Å²) in [6, 6.07) is 3.59. The molecular weight excluding hydrogens is 302 g/mol. The first-order valence-electron chi connectivity index (χ1n) is 7.28. The van der Waals surface area contributed by atoms with Crippen molar-refractivity contribution in [3.8, 4) is 10.9 Å². The van der Waals surface area contributed by atoms with Gasteiger partial charge >= 0.3 is 0 Å². The Labute approximate surface area is 134 Å². The molecule has 0 aliphatic heterocycles. The highest BCUT2D eigenvalue weighted by molar-refractivity contribution is 7.20. The molecule has 1 aromatic heterocycles. The Balaban J connectivity index is 2.52. The maximum absolute atomic E-state index is 10.1. The van der Waals surface area contributed by atoms with E-state index in [0.29, 0.717) is 22.0 Å². The zero-order chi connectivity index (χ0) is 16.5. The topological polar surface area (TPSA) is 71.8 Å². The van der Waals surface area contributed by atoms with Crippen LogP contribution in [0.1, 0.15) is 46.3 Å². The van der Waals surface area contributed by atoms with E-state index in [1.54, 1.807) is 6.07 Å². The second-order valence-corrected chi connectivity index (χ2v) is 7.38. The van der Waals surface area contributed by atoms with Crippen LogP contribution in [0, 0.1) is 0 Å². The van der Waals surface area contributed by atoms with Crippen LogP contribution in [0.5, 0.6) is 10.9 Å². The number of aliphatic hydroxyl groups excluding tert-OH is 2. The van der Waals surface area contributed by atoms with Crippen LogP contribution < -0.4 is 9.47 Å². The number of rotatable bonds is 5. The fourth-order valence-electron chi connectivity index (χ4n) is 2.02. The summed E-state index contributed by atoms with van der Waals surface area (Å²) >= 11 is 1.36. The van der Waals surface area contributed by atoms with Gasteiger partial charge in [0.25, 0.3) is 5.19 Å². The van der Waals surface area contributed by atoms with Gasteiger partial charge in [-0.1, -0.05) is 11.3 Å². The summed E-state index contributed by atoms with van der Waals surface area (Å²) in [5.41, 5.74) is 0.947. The molecule has 2 aromatic rings. The van der Waals surface area contributed by atoms with Gasteiger partial charge in [0.2, 0.25) is 0 Å². The van der Waals surface area contributed by atoms with Gasteiger partial charge in [-0.25, -0.2) is 4.98 Å². The zero-order valence-electron chi connectivity index (χ0n) is 13.6. The number of nitrogens with zero attached hydrogens (tertiary/aromatic N) is 1. The van der Waals surface area contributed by atoms with Crippen molar-refractivity contribution in [1.29, 1.82) is 0 Å². The van der Waals surface area contributed by atoms with Gasteiger partial charge in [-0.05, 0) is 40.7 Å². The first kappa shape index (κ1) is 17.0. The van der Waals surface area contributed by atoms with E-state index in [1.165, 1.54) is 11.3 Å². The molecule has 122 valence electrons. The Morgan fingerprint density at radius 3 is 2.50 bits per heavy atom. The summed E-state index contributed by atoms with van der Waals surface area (Å²) in [7, 11) is 0. The predicted octanol–water partition coefficient (Wildman–Crippen LogP) is 3.29. The van der Waals surface area contributed by atoms with Crippen molar-refractivity contribution >= 4 is 21.6 Å². The molecule has 0 spiro atoms. The van der Waals surface area contributed by atoms with Gasteiger partial charge in [-0.15, -0.1) is 0 Å². The van der Waals surface area contributed by atoms with Gasteiger partial charge < -0.3 is 19.7 Å². The molecule has 0 saturated carbocycles. The lowest BCUT2D eigenvalue weighted by Gasteiger charge is -2.22. The average Bonchev–Trinajstić information content (AvgIpc) is 2.76. The number of aromatic nitrogens is 1. The third kappa shape index (κ3) is 4.09. The number of hydrogen-bond acceptors (Lipinski definition) is 6. The summed E-state index contributed by atoms with van der Waals surface area (Å²) in [5, 5.41) is 19.9. The van der Waals surface area contributed by atoms with E-state index in [2.05, 4.69) is 4.98 Å². The summed E-state index contributed by atoms with van der Waals surface area (Å²) < 4.78 is 12.3. The largest absolute Gasteiger partial charge is 0.488 e. The lowest BCUT2D eigenvalue weighted by molar-refractivity contribution is 0.0955. The van der Waals surface area contributed by atoms with Crippen molar-refractivity contribution in [2.75, 3.05) is 6.61 Å². The van der Waals surface area contributed by atoms with E-state index in [4.69, 9.17) is 9.47 Å². The molecule has 1 heterocycles. The van der Waals surface area contributed by atoms with Crippen LogP contribution in [0.2, 0.25) is 0 Å². The third-order valence-electron chi connectivity index (χ3n) is 2.77. The van der Waals surface area contributed by atoms with Gasteiger partial charge in [0.15, 0.2) is 0 Å². The highest BCUT2D eigenvalue weighted by Gasteiger charge is 2.20. The van der Waals surface area contributed by atoms with Gasteiger partial charge in [0.05, 0.1) is 22.9 Å². The standard InChI is InChI=1S/C16H23NO4S/c1-9(2)20-15-17-12-7-10(21-16(3,4)5)6-11(13(19)8-18)14(12)22-15/h6-7,9,13,18-19H,8H2,1-5H3. The maximum Gasteiger partial charge on any atom is 0.274 e. The number of fused-ring (bicyclic) bond motifs is 1. The third-order valence-corrected chi connectivity index (χ3v) is 3.78. The molecule has 1 unspecified atom stereocenters. The van der Waals surface area contributed by atoms with Crippen LogP contribution in [0.4, 0.5) is 0 Å². The number of benzene rings is 1. The van der Waals surface area contributed by atoms with Crippen LogP contribution >= 0.6 is 11.3 Å². The zero-order valence-corrected chi connectivity index (χ0v) is 14.4. The van der Waals surface area contributed by atoms with Crippen LogP contribution in [-0.2, 0) is 0 Å². The van der Waals surface area contributed by atoms with Crippen molar-refractivity contribution in [2.24, 2.45) is 0 Å². The van der Waals surface area contributed by atoms with E-state index in [1.807, 2.05) is 40.7 Å². The van der Waals surface area contributed by atoms with E-state index >= 15 is 0 Å². The SMILES string of the molecule is CC(C)Oc1nc2cc(OC(C)(C)C)cc(C(O)CO)c2s1. The fourth-order valence-corrected chi connectivity index (χ4v) is 3.10.